The van der Waals surface area contributed by atoms with E-state index in [-0.39, 0.29) is 11.2 Å². The van der Waals surface area contributed by atoms with Crippen molar-refractivity contribution in [3.63, 3.8) is 0 Å². The minimum atomic E-state index is -0.174. The van der Waals surface area contributed by atoms with Crippen molar-refractivity contribution in [3.05, 3.63) is 60.3 Å². The van der Waals surface area contributed by atoms with Gasteiger partial charge in [0.2, 0.25) is 5.91 Å². The van der Waals surface area contributed by atoms with Crippen molar-refractivity contribution in [2.75, 3.05) is 6.54 Å². The van der Waals surface area contributed by atoms with E-state index in [1.807, 2.05) is 42.2 Å². The number of amides is 1. The fourth-order valence-electron chi connectivity index (χ4n) is 3.03. The van der Waals surface area contributed by atoms with Crippen LogP contribution in [-0.4, -0.2) is 42.5 Å². The van der Waals surface area contributed by atoms with E-state index in [1.165, 1.54) is 11.8 Å². The molecule has 26 heavy (non-hydrogen) atoms. The highest BCUT2D eigenvalue weighted by atomic mass is 32.2. The van der Waals surface area contributed by atoms with Crippen LogP contribution in [0.1, 0.15) is 18.3 Å². The molecule has 1 aliphatic heterocycles. The average Bonchev–Trinajstić information content (AvgIpc) is 3.12. The number of rotatable bonds is 4. The van der Waals surface area contributed by atoms with Crippen LogP contribution in [0.4, 0.5) is 0 Å². The summed E-state index contributed by atoms with van der Waals surface area (Å²) in [5.41, 5.74) is 3.01. The lowest BCUT2D eigenvalue weighted by Crippen LogP contribution is -2.40. The number of aromatic nitrogens is 4. The number of H-pyrrole nitrogens is 1. The average molecular weight is 365 g/mol. The molecule has 3 aromatic rings. The maximum Gasteiger partial charge on any atom is 0.236 e. The quantitative estimate of drug-likeness (QED) is 0.720. The number of thioether (sulfide) groups is 1. The van der Waals surface area contributed by atoms with E-state index in [2.05, 4.69) is 19.9 Å². The molecule has 0 radical (unpaired) electrons. The molecule has 1 aliphatic rings. The fourth-order valence-corrected chi connectivity index (χ4v) is 3.92. The monoisotopic (exact) mass is 365 g/mol. The SMILES string of the molecule is C[C@H](Sc1ccccn1)C(=O)N1CCc2nc(-c3cccnc3)[nH]c2C1. The van der Waals surface area contributed by atoms with Crippen molar-refractivity contribution < 1.29 is 4.79 Å². The number of nitrogens with one attached hydrogen (secondary N) is 1. The number of imidazole rings is 1. The van der Waals surface area contributed by atoms with Gasteiger partial charge in [-0.1, -0.05) is 17.8 Å². The van der Waals surface area contributed by atoms with Crippen molar-refractivity contribution in [2.45, 2.75) is 30.2 Å². The van der Waals surface area contributed by atoms with Crippen LogP contribution in [-0.2, 0) is 17.8 Å². The zero-order valence-electron chi connectivity index (χ0n) is 14.4. The normalized spacial score (nSPS) is 14.7. The molecular formula is C19H19N5OS. The summed E-state index contributed by atoms with van der Waals surface area (Å²) in [6.45, 7) is 3.19. The van der Waals surface area contributed by atoms with E-state index in [1.54, 1.807) is 18.6 Å². The van der Waals surface area contributed by atoms with Crippen LogP contribution >= 0.6 is 11.8 Å². The first-order chi connectivity index (χ1) is 12.7. The van der Waals surface area contributed by atoms with E-state index in [0.29, 0.717) is 13.1 Å². The molecule has 0 bridgehead atoms. The van der Waals surface area contributed by atoms with Crippen LogP contribution in [0.2, 0.25) is 0 Å². The molecule has 1 amide bonds. The van der Waals surface area contributed by atoms with E-state index >= 15 is 0 Å². The molecule has 1 N–H and O–H groups in total. The van der Waals surface area contributed by atoms with Gasteiger partial charge in [0.05, 0.1) is 28.2 Å². The van der Waals surface area contributed by atoms with E-state index in [0.717, 1.165) is 34.2 Å². The Hall–Kier alpha value is -2.67. The van der Waals surface area contributed by atoms with Crippen LogP contribution in [0.5, 0.6) is 0 Å². The Morgan fingerprint density at radius 3 is 2.96 bits per heavy atom. The van der Waals surface area contributed by atoms with Gasteiger partial charge in [0.15, 0.2) is 0 Å². The number of carbonyl (C=O) groups excluding carboxylic acids is 1. The summed E-state index contributed by atoms with van der Waals surface area (Å²) in [7, 11) is 0. The van der Waals surface area contributed by atoms with Crippen LogP contribution in [0.25, 0.3) is 11.4 Å². The highest BCUT2D eigenvalue weighted by Crippen LogP contribution is 2.26. The summed E-state index contributed by atoms with van der Waals surface area (Å²) >= 11 is 1.49. The molecule has 6 nitrogen and oxygen atoms in total. The third kappa shape index (κ3) is 3.48. The smallest absolute Gasteiger partial charge is 0.236 e. The number of hydrogen-bond acceptors (Lipinski definition) is 5. The van der Waals surface area contributed by atoms with Crippen molar-refractivity contribution in [1.29, 1.82) is 0 Å². The topological polar surface area (TPSA) is 74.8 Å². The minimum Gasteiger partial charge on any atom is -0.340 e. The first kappa shape index (κ1) is 16.8. The zero-order valence-corrected chi connectivity index (χ0v) is 15.2. The van der Waals surface area contributed by atoms with E-state index in [4.69, 9.17) is 0 Å². The molecule has 0 aliphatic carbocycles. The summed E-state index contributed by atoms with van der Waals surface area (Å²) in [6.07, 6.45) is 6.04. The summed E-state index contributed by atoms with van der Waals surface area (Å²) in [5, 5.41) is 0.693. The van der Waals surface area contributed by atoms with Crippen molar-refractivity contribution in [3.8, 4) is 11.4 Å². The molecular weight excluding hydrogens is 346 g/mol. The lowest BCUT2D eigenvalue weighted by molar-refractivity contribution is -0.131. The molecule has 0 spiro atoms. The minimum absolute atomic E-state index is 0.129. The second-order valence-electron chi connectivity index (χ2n) is 6.19. The highest BCUT2D eigenvalue weighted by Gasteiger charge is 2.27. The van der Waals surface area contributed by atoms with Gasteiger partial charge in [0, 0.05) is 37.1 Å². The zero-order chi connectivity index (χ0) is 17.9. The maximum absolute atomic E-state index is 12.8. The van der Waals surface area contributed by atoms with Gasteiger partial charge in [-0.05, 0) is 31.2 Å². The first-order valence-corrected chi connectivity index (χ1v) is 9.43. The Kier molecular flexibility index (Phi) is 4.71. The molecule has 0 unspecified atom stereocenters. The lowest BCUT2D eigenvalue weighted by Gasteiger charge is -2.28. The van der Waals surface area contributed by atoms with Crippen molar-refractivity contribution in [1.82, 2.24) is 24.8 Å². The highest BCUT2D eigenvalue weighted by molar-refractivity contribution is 8.00. The number of carbonyl (C=O) groups is 1. The van der Waals surface area contributed by atoms with Crippen molar-refractivity contribution in [2.24, 2.45) is 0 Å². The van der Waals surface area contributed by atoms with Gasteiger partial charge in [-0.15, -0.1) is 0 Å². The molecule has 0 saturated heterocycles. The predicted molar refractivity (Wildman–Crippen MR) is 100 cm³/mol. The van der Waals surface area contributed by atoms with Crippen LogP contribution in [0, 0.1) is 0 Å². The molecule has 7 heteroatoms. The molecule has 4 heterocycles. The number of nitrogens with zero attached hydrogens (tertiary/aromatic N) is 4. The fraction of sp³-hybridized carbons (Fsp3) is 0.263. The van der Waals surface area contributed by atoms with Gasteiger partial charge in [-0.25, -0.2) is 9.97 Å². The van der Waals surface area contributed by atoms with Gasteiger partial charge in [-0.3, -0.25) is 9.78 Å². The van der Waals surface area contributed by atoms with Crippen LogP contribution in [0.15, 0.2) is 53.9 Å². The molecule has 3 aromatic heterocycles. The van der Waals surface area contributed by atoms with Gasteiger partial charge in [0.25, 0.3) is 0 Å². The largest absolute Gasteiger partial charge is 0.340 e. The van der Waals surface area contributed by atoms with Crippen molar-refractivity contribution >= 4 is 17.7 Å². The Morgan fingerprint density at radius 1 is 1.27 bits per heavy atom. The Morgan fingerprint density at radius 2 is 2.19 bits per heavy atom. The van der Waals surface area contributed by atoms with Gasteiger partial charge in [-0.2, -0.15) is 0 Å². The lowest BCUT2D eigenvalue weighted by atomic mass is 10.1. The molecule has 1 atom stereocenters. The summed E-state index contributed by atoms with van der Waals surface area (Å²) in [4.78, 5) is 31.2. The third-order valence-corrected chi connectivity index (χ3v) is 5.40. The Balaban J connectivity index is 1.46. The number of hydrogen-bond donors (Lipinski definition) is 1. The summed E-state index contributed by atoms with van der Waals surface area (Å²) in [6, 6.07) is 9.61. The second kappa shape index (κ2) is 7.29. The molecule has 132 valence electrons. The van der Waals surface area contributed by atoms with Gasteiger partial charge >= 0.3 is 0 Å². The van der Waals surface area contributed by atoms with E-state index in [9.17, 15) is 4.79 Å². The molecule has 0 aromatic carbocycles. The molecule has 4 rings (SSSR count). The first-order valence-electron chi connectivity index (χ1n) is 8.55. The number of fused-ring (bicyclic) bond motifs is 1. The van der Waals surface area contributed by atoms with Gasteiger partial charge in [0.1, 0.15) is 5.82 Å². The van der Waals surface area contributed by atoms with E-state index < -0.39 is 0 Å². The van der Waals surface area contributed by atoms with Crippen LogP contribution < -0.4 is 0 Å². The van der Waals surface area contributed by atoms with Crippen LogP contribution in [0.3, 0.4) is 0 Å². The third-order valence-electron chi connectivity index (χ3n) is 4.36. The number of pyridine rings is 2. The maximum atomic E-state index is 12.8. The molecule has 0 fully saturated rings. The standard InChI is InChI=1S/C19H19N5OS/c1-13(26-17-6-2-3-9-21-17)19(25)24-10-7-15-16(12-24)23-18(22-15)14-5-4-8-20-11-14/h2-6,8-9,11,13H,7,10,12H2,1H3,(H,22,23)/t13-/m0/s1. The summed E-state index contributed by atoms with van der Waals surface area (Å²) < 4.78 is 0. The Labute approximate surface area is 156 Å². The van der Waals surface area contributed by atoms with Gasteiger partial charge < -0.3 is 9.88 Å². The Bertz CT molecular complexity index is 897. The number of aromatic amines is 1. The second-order valence-corrected chi connectivity index (χ2v) is 7.55. The predicted octanol–water partition coefficient (Wildman–Crippen LogP) is 2.93. The molecule has 0 saturated carbocycles. The summed E-state index contributed by atoms with van der Waals surface area (Å²) in [5.74, 6) is 0.942.